The zero-order valence-electron chi connectivity index (χ0n) is 7.49. The Balaban J connectivity index is 2.80. The third-order valence-corrected chi connectivity index (χ3v) is 1.59. The number of halogens is 1. The largest absolute Gasteiger partial charge is 0.469 e. The molecule has 0 saturated carbocycles. The van der Waals surface area contributed by atoms with Crippen molar-refractivity contribution in [2.75, 3.05) is 7.11 Å². The minimum absolute atomic E-state index is 0.196. The Bertz CT molecular complexity index is 365. The molecule has 0 radical (unpaired) electrons. The van der Waals surface area contributed by atoms with Crippen molar-refractivity contribution in [1.82, 2.24) is 4.98 Å². The molecule has 1 aromatic rings. The highest BCUT2D eigenvalue weighted by atomic mass is 19.1. The van der Waals surface area contributed by atoms with Crippen LogP contribution in [0.2, 0.25) is 0 Å². The average Bonchev–Trinajstić information content (AvgIpc) is 2.18. The van der Waals surface area contributed by atoms with Gasteiger partial charge in [-0.25, -0.2) is 4.98 Å². The fraction of sp³-hybridized carbons (Fsp3) is 0.222. The number of hydrogen-bond acceptors (Lipinski definition) is 4. The molecule has 0 aromatic carbocycles. The molecular formula is C9H8FNO3. The number of ketones is 1. The van der Waals surface area contributed by atoms with Crippen LogP contribution in [0.25, 0.3) is 0 Å². The topological polar surface area (TPSA) is 56.3 Å². The SMILES string of the molecule is COC(=O)CC(=O)c1cccnc1F. The van der Waals surface area contributed by atoms with Crippen LogP contribution in [0.5, 0.6) is 0 Å². The first kappa shape index (κ1) is 10.3. The van der Waals surface area contributed by atoms with E-state index in [1.165, 1.54) is 18.3 Å². The summed E-state index contributed by atoms with van der Waals surface area (Å²) in [6.07, 6.45) is 0.753. The van der Waals surface area contributed by atoms with Gasteiger partial charge in [0.25, 0.3) is 0 Å². The average molecular weight is 197 g/mol. The van der Waals surface area contributed by atoms with Crippen LogP contribution in [0.15, 0.2) is 18.3 Å². The van der Waals surface area contributed by atoms with E-state index >= 15 is 0 Å². The van der Waals surface area contributed by atoms with Crippen LogP contribution in [-0.2, 0) is 9.53 Å². The quantitative estimate of drug-likeness (QED) is 0.313. The summed E-state index contributed by atoms with van der Waals surface area (Å²) in [5.41, 5.74) is -0.196. The molecular weight excluding hydrogens is 189 g/mol. The second kappa shape index (κ2) is 4.45. The van der Waals surface area contributed by atoms with Crippen molar-refractivity contribution in [2.24, 2.45) is 0 Å². The maximum absolute atomic E-state index is 12.9. The summed E-state index contributed by atoms with van der Waals surface area (Å²) in [6, 6.07) is 2.70. The van der Waals surface area contributed by atoms with Gasteiger partial charge in [0, 0.05) is 6.20 Å². The normalized spacial score (nSPS) is 9.57. The number of Topliss-reactive ketones (excluding diaryl/α,β-unsaturated/α-hetero) is 1. The van der Waals surface area contributed by atoms with Gasteiger partial charge in [0.1, 0.15) is 6.42 Å². The van der Waals surface area contributed by atoms with Crippen molar-refractivity contribution in [3.63, 3.8) is 0 Å². The number of hydrogen-bond donors (Lipinski definition) is 0. The van der Waals surface area contributed by atoms with Gasteiger partial charge in [-0.15, -0.1) is 0 Å². The van der Waals surface area contributed by atoms with E-state index in [4.69, 9.17) is 0 Å². The molecule has 0 saturated heterocycles. The van der Waals surface area contributed by atoms with Gasteiger partial charge in [-0.3, -0.25) is 9.59 Å². The maximum Gasteiger partial charge on any atom is 0.313 e. The second-order valence-corrected chi connectivity index (χ2v) is 2.52. The zero-order chi connectivity index (χ0) is 10.6. The molecule has 0 amide bonds. The van der Waals surface area contributed by atoms with Crippen LogP contribution in [-0.4, -0.2) is 23.8 Å². The van der Waals surface area contributed by atoms with E-state index < -0.39 is 24.1 Å². The summed E-state index contributed by atoms with van der Waals surface area (Å²) < 4.78 is 17.2. The molecule has 5 heteroatoms. The molecule has 0 aliphatic heterocycles. The van der Waals surface area contributed by atoms with Gasteiger partial charge in [0.15, 0.2) is 5.78 Å². The summed E-state index contributed by atoms with van der Waals surface area (Å²) in [5.74, 6) is -2.21. The van der Waals surface area contributed by atoms with Crippen LogP contribution in [0, 0.1) is 5.95 Å². The summed E-state index contributed by atoms with van der Waals surface area (Å²) in [7, 11) is 1.16. The zero-order valence-corrected chi connectivity index (χ0v) is 7.49. The first-order chi connectivity index (χ1) is 6.65. The summed E-state index contributed by atoms with van der Waals surface area (Å²) in [4.78, 5) is 25.3. The summed E-state index contributed by atoms with van der Waals surface area (Å²) in [5, 5.41) is 0. The molecule has 4 nitrogen and oxygen atoms in total. The third kappa shape index (κ3) is 2.35. The number of pyridine rings is 1. The van der Waals surface area contributed by atoms with Gasteiger partial charge >= 0.3 is 5.97 Å². The van der Waals surface area contributed by atoms with Crippen molar-refractivity contribution < 1.29 is 18.7 Å². The first-order valence-corrected chi connectivity index (χ1v) is 3.85. The minimum atomic E-state index is -0.874. The first-order valence-electron chi connectivity index (χ1n) is 3.85. The van der Waals surface area contributed by atoms with Crippen LogP contribution >= 0.6 is 0 Å². The van der Waals surface area contributed by atoms with Crippen LogP contribution in [0.1, 0.15) is 16.8 Å². The van der Waals surface area contributed by atoms with Gasteiger partial charge in [-0.1, -0.05) is 0 Å². The lowest BCUT2D eigenvalue weighted by atomic mass is 10.1. The Morgan fingerprint density at radius 3 is 2.86 bits per heavy atom. The lowest BCUT2D eigenvalue weighted by Crippen LogP contribution is -2.11. The fourth-order valence-electron chi connectivity index (χ4n) is 0.893. The van der Waals surface area contributed by atoms with Crippen molar-refractivity contribution >= 4 is 11.8 Å². The van der Waals surface area contributed by atoms with E-state index in [1.807, 2.05) is 0 Å². The smallest absolute Gasteiger partial charge is 0.313 e. The Hall–Kier alpha value is -1.78. The van der Waals surface area contributed by atoms with Crippen LogP contribution in [0.4, 0.5) is 4.39 Å². The minimum Gasteiger partial charge on any atom is -0.469 e. The number of nitrogens with zero attached hydrogens (tertiary/aromatic N) is 1. The fourth-order valence-corrected chi connectivity index (χ4v) is 0.893. The lowest BCUT2D eigenvalue weighted by Gasteiger charge is -1.99. The molecule has 0 bridgehead atoms. The van der Waals surface area contributed by atoms with E-state index in [2.05, 4.69) is 9.72 Å². The Labute approximate surface area is 79.7 Å². The molecule has 0 spiro atoms. The molecule has 1 rings (SSSR count). The van der Waals surface area contributed by atoms with Crippen LogP contribution < -0.4 is 0 Å². The van der Waals surface area contributed by atoms with E-state index in [1.54, 1.807) is 0 Å². The molecule has 1 heterocycles. The lowest BCUT2D eigenvalue weighted by molar-refractivity contribution is -0.139. The van der Waals surface area contributed by atoms with E-state index in [9.17, 15) is 14.0 Å². The predicted molar refractivity (Wildman–Crippen MR) is 45.2 cm³/mol. The third-order valence-electron chi connectivity index (χ3n) is 1.59. The molecule has 0 aliphatic rings. The van der Waals surface area contributed by atoms with Gasteiger partial charge < -0.3 is 4.74 Å². The van der Waals surface area contributed by atoms with Crippen molar-refractivity contribution in [3.05, 3.63) is 29.8 Å². The highest BCUT2D eigenvalue weighted by molar-refractivity contribution is 6.05. The molecule has 74 valence electrons. The molecule has 0 atom stereocenters. The summed E-state index contributed by atoms with van der Waals surface area (Å²) in [6.45, 7) is 0. The highest BCUT2D eigenvalue weighted by Crippen LogP contribution is 2.06. The maximum atomic E-state index is 12.9. The highest BCUT2D eigenvalue weighted by Gasteiger charge is 2.15. The number of rotatable bonds is 3. The van der Waals surface area contributed by atoms with Crippen molar-refractivity contribution in [1.29, 1.82) is 0 Å². The Kier molecular flexibility index (Phi) is 3.28. The number of carbonyl (C=O) groups is 2. The van der Waals surface area contributed by atoms with E-state index in [0.717, 1.165) is 7.11 Å². The number of carbonyl (C=O) groups excluding carboxylic acids is 2. The Morgan fingerprint density at radius 2 is 2.29 bits per heavy atom. The van der Waals surface area contributed by atoms with E-state index in [-0.39, 0.29) is 5.56 Å². The van der Waals surface area contributed by atoms with Crippen molar-refractivity contribution in [3.8, 4) is 0 Å². The standard InChI is InChI=1S/C9H8FNO3/c1-14-8(13)5-7(12)6-3-2-4-11-9(6)10/h2-4H,5H2,1H3. The van der Waals surface area contributed by atoms with E-state index in [0.29, 0.717) is 0 Å². The van der Waals surface area contributed by atoms with Crippen LogP contribution in [0.3, 0.4) is 0 Å². The second-order valence-electron chi connectivity index (χ2n) is 2.52. The monoisotopic (exact) mass is 197 g/mol. The molecule has 0 fully saturated rings. The Morgan fingerprint density at radius 1 is 1.57 bits per heavy atom. The molecule has 0 aliphatic carbocycles. The number of esters is 1. The molecule has 0 unspecified atom stereocenters. The molecule has 14 heavy (non-hydrogen) atoms. The van der Waals surface area contributed by atoms with Crippen molar-refractivity contribution in [2.45, 2.75) is 6.42 Å². The molecule has 0 N–H and O–H groups in total. The predicted octanol–water partition coefficient (Wildman–Crippen LogP) is 0.966. The van der Waals surface area contributed by atoms with Gasteiger partial charge in [0.05, 0.1) is 12.7 Å². The van der Waals surface area contributed by atoms with Gasteiger partial charge in [0.2, 0.25) is 5.95 Å². The van der Waals surface area contributed by atoms with Gasteiger partial charge in [-0.05, 0) is 12.1 Å². The number of aromatic nitrogens is 1. The number of ether oxygens (including phenoxy) is 1. The van der Waals surface area contributed by atoms with Gasteiger partial charge in [-0.2, -0.15) is 4.39 Å². The number of methoxy groups -OCH3 is 1. The summed E-state index contributed by atoms with van der Waals surface area (Å²) >= 11 is 0. The molecule has 1 aromatic heterocycles.